The highest BCUT2D eigenvalue weighted by Crippen LogP contribution is 2.23. The number of nitrogens with one attached hydrogen (secondary N) is 2. The number of ether oxygens (including phenoxy) is 3. The molecule has 2 heterocycles. The minimum atomic E-state index is 0.317. The fourth-order valence-electron chi connectivity index (χ4n) is 4.33. The normalized spacial score (nSPS) is 24.5. The molecule has 0 amide bonds. The number of benzene rings is 1. The second-order valence-corrected chi connectivity index (χ2v) is 9.14. The van der Waals surface area contributed by atoms with Crippen LogP contribution in [-0.2, 0) is 16.0 Å². The van der Waals surface area contributed by atoms with Crippen LogP contribution in [0.5, 0.6) is 5.75 Å². The zero-order valence-electron chi connectivity index (χ0n) is 20.4. The fraction of sp³-hybridized carbons (Fsp3) is 0.720. The summed E-state index contributed by atoms with van der Waals surface area (Å²) >= 11 is 0. The summed E-state index contributed by atoms with van der Waals surface area (Å²) in [5, 5.41) is 6.85. The van der Waals surface area contributed by atoms with Gasteiger partial charge in [0, 0.05) is 50.8 Å². The van der Waals surface area contributed by atoms with Gasteiger partial charge in [-0.3, -0.25) is 4.90 Å². The minimum absolute atomic E-state index is 0.317. The molecule has 2 fully saturated rings. The van der Waals surface area contributed by atoms with Crippen molar-refractivity contribution in [2.24, 2.45) is 10.9 Å². The van der Waals surface area contributed by atoms with Crippen molar-refractivity contribution >= 4 is 5.96 Å². The van der Waals surface area contributed by atoms with E-state index in [1.165, 1.54) is 5.56 Å². The number of aliphatic imine (C=N–C) groups is 1. The molecule has 3 unspecified atom stereocenters. The van der Waals surface area contributed by atoms with Crippen molar-refractivity contribution in [1.29, 1.82) is 0 Å². The molecule has 2 aliphatic rings. The van der Waals surface area contributed by atoms with Gasteiger partial charge in [0.05, 0.1) is 32.0 Å². The van der Waals surface area contributed by atoms with Crippen molar-refractivity contribution in [2.75, 3.05) is 52.5 Å². The molecule has 7 heteroatoms. The highest BCUT2D eigenvalue weighted by atomic mass is 16.5. The van der Waals surface area contributed by atoms with Crippen LogP contribution in [0.15, 0.2) is 23.2 Å². The Morgan fingerprint density at radius 2 is 2.03 bits per heavy atom. The summed E-state index contributed by atoms with van der Waals surface area (Å²) in [7, 11) is 0. The SMILES string of the molecule is CCNC(=NCc1ccc(C)cc1OCC1CCOC1)NCCCN1CC(C)OC(C)C1. The van der Waals surface area contributed by atoms with E-state index in [4.69, 9.17) is 19.2 Å². The van der Waals surface area contributed by atoms with Gasteiger partial charge in [0.1, 0.15) is 5.75 Å². The number of morpholine rings is 1. The maximum absolute atomic E-state index is 6.17. The lowest BCUT2D eigenvalue weighted by Crippen LogP contribution is -2.46. The van der Waals surface area contributed by atoms with E-state index in [-0.39, 0.29) is 0 Å². The highest BCUT2D eigenvalue weighted by molar-refractivity contribution is 5.79. The predicted octanol–water partition coefficient (Wildman–Crippen LogP) is 2.96. The van der Waals surface area contributed by atoms with Gasteiger partial charge in [0.25, 0.3) is 0 Å². The van der Waals surface area contributed by atoms with Gasteiger partial charge in [-0.1, -0.05) is 12.1 Å². The molecule has 0 bridgehead atoms. The number of nitrogens with zero attached hydrogens (tertiary/aromatic N) is 2. The van der Waals surface area contributed by atoms with Gasteiger partial charge in [-0.15, -0.1) is 0 Å². The smallest absolute Gasteiger partial charge is 0.191 e. The number of rotatable bonds is 10. The van der Waals surface area contributed by atoms with E-state index in [2.05, 4.69) is 61.4 Å². The molecule has 32 heavy (non-hydrogen) atoms. The molecular weight excluding hydrogens is 404 g/mol. The van der Waals surface area contributed by atoms with Gasteiger partial charge in [0.2, 0.25) is 0 Å². The van der Waals surface area contributed by atoms with E-state index in [1.54, 1.807) is 0 Å². The van der Waals surface area contributed by atoms with Crippen LogP contribution in [-0.4, -0.2) is 75.6 Å². The van der Waals surface area contributed by atoms with E-state index in [0.717, 1.165) is 76.1 Å². The van der Waals surface area contributed by atoms with E-state index in [1.807, 2.05) is 0 Å². The Morgan fingerprint density at radius 3 is 2.75 bits per heavy atom. The van der Waals surface area contributed by atoms with Crippen LogP contribution in [0, 0.1) is 12.8 Å². The summed E-state index contributed by atoms with van der Waals surface area (Å²) in [5.74, 6) is 2.28. The monoisotopic (exact) mass is 446 g/mol. The quantitative estimate of drug-likeness (QED) is 0.327. The topological polar surface area (TPSA) is 67.4 Å². The van der Waals surface area contributed by atoms with Crippen LogP contribution in [0.25, 0.3) is 0 Å². The molecular formula is C25H42N4O3. The molecule has 180 valence electrons. The molecule has 2 N–H and O–H groups in total. The van der Waals surface area contributed by atoms with E-state index in [9.17, 15) is 0 Å². The van der Waals surface area contributed by atoms with E-state index >= 15 is 0 Å². The average Bonchev–Trinajstić information content (AvgIpc) is 3.27. The third-order valence-corrected chi connectivity index (χ3v) is 5.91. The third-order valence-electron chi connectivity index (χ3n) is 5.91. The Morgan fingerprint density at radius 1 is 1.22 bits per heavy atom. The van der Waals surface area contributed by atoms with Gasteiger partial charge >= 0.3 is 0 Å². The molecule has 2 aliphatic heterocycles. The lowest BCUT2D eigenvalue weighted by Gasteiger charge is -2.35. The van der Waals surface area contributed by atoms with Gasteiger partial charge < -0.3 is 24.8 Å². The molecule has 0 aliphatic carbocycles. The second-order valence-electron chi connectivity index (χ2n) is 9.14. The first-order valence-electron chi connectivity index (χ1n) is 12.2. The first-order chi connectivity index (χ1) is 15.5. The summed E-state index contributed by atoms with van der Waals surface area (Å²) in [4.78, 5) is 7.31. The van der Waals surface area contributed by atoms with Crippen LogP contribution >= 0.6 is 0 Å². The van der Waals surface area contributed by atoms with Crippen molar-refractivity contribution in [1.82, 2.24) is 15.5 Å². The first kappa shape index (κ1) is 24.8. The summed E-state index contributed by atoms with van der Waals surface area (Å²) < 4.78 is 17.5. The Bertz CT molecular complexity index is 711. The van der Waals surface area contributed by atoms with Crippen LogP contribution in [0.3, 0.4) is 0 Å². The van der Waals surface area contributed by atoms with Crippen LogP contribution in [0.1, 0.15) is 44.7 Å². The van der Waals surface area contributed by atoms with Crippen molar-refractivity contribution in [3.05, 3.63) is 29.3 Å². The van der Waals surface area contributed by atoms with Gasteiger partial charge in [-0.05, 0) is 52.2 Å². The Balaban J connectivity index is 1.49. The van der Waals surface area contributed by atoms with Crippen molar-refractivity contribution < 1.29 is 14.2 Å². The summed E-state index contributed by atoms with van der Waals surface area (Å²) in [5.41, 5.74) is 2.31. The molecule has 3 atom stereocenters. The second kappa shape index (κ2) is 13.0. The number of hydrogen-bond donors (Lipinski definition) is 2. The highest BCUT2D eigenvalue weighted by Gasteiger charge is 2.21. The van der Waals surface area contributed by atoms with Gasteiger partial charge in [0.15, 0.2) is 5.96 Å². The lowest BCUT2D eigenvalue weighted by molar-refractivity contribution is -0.0679. The Hall–Kier alpha value is -1.83. The zero-order chi connectivity index (χ0) is 22.8. The van der Waals surface area contributed by atoms with Crippen LogP contribution in [0.2, 0.25) is 0 Å². The first-order valence-corrected chi connectivity index (χ1v) is 12.2. The number of guanidine groups is 1. The van der Waals surface area contributed by atoms with Crippen molar-refractivity contribution in [2.45, 2.75) is 59.3 Å². The fourth-order valence-corrected chi connectivity index (χ4v) is 4.33. The molecule has 0 saturated carbocycles. The van der Waals surface area contributed by atoms with Gasteiger partial charge in [-0.2, -0.15) is 0 Å². The molecule has 2 saturated heterocycles. The molecule has 1 aromatic rings. The molecule has 0 spiro atoms. The van der Waals surface area contributed by atoms with Crippen LogP contribution < -0.4 is 15.4 Å². The summed E-state index contributed by atoms with van der Waals surface area (Å²) in [6.07, 6.45) is 2.79. The summed E-state index contributed by atoms with van der Waals surface area (Å²) in [6.45, 7) is 16.3. The predicted molar refractivity (Wildman–Crippen MR) is 129 cm³/mol. The number of hydrogen-bond acceptors (Lipinski definition) is 5. The van der Waals surface area contributed by atoms with E-state index < -0.39 is 0 Å². The Kier molecular flexibility index (Phi) is 10.1. The average molecular weight is 447 g/mol. The van der Waals surface area contributed by atoms with Crippen molar-refractivity contribution in [3.63, 3.8) is 0 Å². The largest absolute Gasteiger partial charge is 0.493 e. The maximum atomic E-state index is 6.17. The molecule has 7 nitrogen and oxygen atoms in total. The van der Waals surface area contributed by atoms with E-state index in [0.29, 0.717) is 31.3 Å². The Labute approximate surface area is 193 Å². The maximum Gasteiger partial charge on any atom is 0.191 e. The molecule has 0 aromatic heterocycles. The molecule has 0 radical (unpaired) electrons. The molecule has 3 rings (SSSR count). The lowest BCUT2D eigenvalue weighted by atomic mass is 10.1. The number of aryl methyl sites for hydroxylation is 1. The summed E-state index contributed by atoms with van der Waals surface area (Å²) in [6, 6.07) is 6.37. The minimum Gasteiger partial charge on any atom is -0.493 e. The zero-order valence-corrected chi connectivity index (χ0v) is 20.4. The third kappa shape index (κ3) is 8.26. The standard InChI is InChI=1S/C25H42N4O3/c1-5-26-25(27-10-6-11-29-15-20(3)32-21(4)16-29)28-14-23-8-7-19(2)13-24(23)31-18-22-9-12-30-17-22/h7-8,13,20-22H,5-6,9-12,14-18H2,1-4H3,(H2,26,27,28). The molecule has 1 aromatic carbocycles. The van der Waals surface area contributed by atoms with Crippen LogP contribution in [0.4, 0.5) is 0 Å². The van der Waals surface area contributed by atoms with Crippen molar-refractivity contribution in [3.8, 4) is 5.75 Å². The van der Waals surface area contributed by atoms with Gasteiger partial charge in [-0.25, -0.2) is 4.99 Å².